The molecule has 0 spiro atoms. The largest absolute Gasteiger partial charge is 0.311 e. The molecule has 0 amide bonds. The third-order valence-electron chi connectivity index (χ3n) is 2.98. The monoisotopic (exact) mass is 279 g/mol. The van der Waals surface area contributed by atoms with Crippen LogP contribution in [0.15, 0.2) is 24.7 Å². The number of rotatable bonds is 6. The first kappa shape index (κ1) is 14.0. The smallest absolute Gasteiger partial charge is 0.138 e. The summed E-state index contributed by atoms with van der Waals surface area (Å²) in [6.07, 6.45) is 5.10. The Labute approximate surface area is 118 Å². The lowest BCUT2D eigenvalue weighted by Gasteiger charge is -2.16. The summed E-state index contributed by atoms with van der Waals surface area (Å²) in [7, 11) is 1.90. The van der Waals surface area contributed by atoms with Crippen LogP contribution in [0.3, 0.4) is 0 Å². The minimum absolute atomic E-state index is 0.0357. The Kier molecular flexibility index (Phi) is 4.87. The summed E-state index contributed by atoms with van der Waals surface area (Å²) < 4.78 is 1.93. The lowest BCUT2D eigenvalue weighted by Crippen LogP contribution is -2.22. The van der Waals surface area contributed by atoms with Crippen LogP contribution in [-0.4, -0.2) is 26.8 Å². The Bertz CT molecular complexity index is 525. The molecule has 0 fully saturated rings. The molecule has 2 heterocycles. The number of hydrogen-bond acceptors (Lipinski definition) is 4. The van der Waals surface area contributed by atoms with Crippen LogP contribution in [0.25, 0.3) is 0 Å². The molecule has 0 saturated carbocycles. The third-order valence-corrected chi connectivity index (χ3v) is 3.30. The van der Waals surface area contributed by atoms with E-state index >= 15 is 0 Å². The molecule has 19 heavy (non-hydrogen) atoms. The van der Waals surface area contributed by atoms with E-state index in [1.807, 2.05) is 23.9 Å². The first-order valence-corrected chi connectivity index (χ1v) is 6.78. The van der Waals surface area contributed by atoms with Gasteiger partial charge in [-0.25, -0.2) is 4.98 Å². The Balaban J connectivity index is 2.19. The predicted octanol–water partition coefficient (Wildman–Crippen LogP) is 2.24. The van der Waals surface area contributed by atoms with Crippen molar-refractivity contribution in [2.24, 2.45) is 0 Å². The van der Waals surface area contributed by atoms with Crippen LogP contribution in [0.2, 0.25) is 5.02 Å². The standard InChI is InChI=1S/C13H18ClN5/c1-3-7-19-12(17-9-18-19)8-11(15-2)13-10(14)5-4-6-16-13/h4-6,9,11,15H,3,7-8H2,1-2H3. The molecule has 0 aromatic carbocycles. The Hall–Kier alpha value is -1.46. The number of halogens is 1. The normalized spacial score (nSPS) is 12.6. The van der Waals surface area contributed by atoms with Crippen molar-refractivity contribution in [2.45, 2.75) is 32.4 Å². The van der Waals surface area contributed by atoms with Gasteiger partial charge in [0.25, 0.3) is 0 Å². The van der Waals surface area contributed by atoms with Gasteiger partial charge in [-0.05, 0) is 25.6 Å². The van der Waals surface area contributed by atoms with Gasteiger partial charge < -0.3 is 5.32 Å². The van der Waals surface area contributed by atoms with E-state index in [0.717, 1.165) is 24.5 Å². The number of aromatic nitrogens is 4. The van der Waals surface area contributed by atoms with Crippen molar-refractivity contribution in [1.82, 2.24) is 25.1 Å². The molecule has 0 saturated heterocycles. The van der Waals surface area contributed by atoms with Crippen LogP contribution in [0.5, 0.6) is 0 Å². The fraction of sp³-hybridized carbons (Fsp3) is 0.462. The van der Waals surface area contributed by atoms with Gasteiger partial charge in [0.15, 0.2) is 0 Å². The highest BCUT2D eigenvalue weighted by Gasteiger charge is 2.17. The minimum Gasteiger partial charge on any atom is -0.311 e. The second-order valence-electron chi connectivity index (χ2n) is 4.32. The fourth-order valence-corrected chi connectivity index (χ4v) is 2.27. The highest BCUT2D eigenvalue weighted by atomic mass is 35.5. The Morgan fingerprint density at radius 2 is 2.26 bits per heavy atom. The Morgan fingerprint density at radius 1 is 1.42 bits per heavy atom. The van der Waals surface area contributed by atoms with Crippen molar-refractivity contribution in [1.29, 1.82) is 0 Å². The average molecular weight is 280 g/mol. The molecule has 0 aliphatic carbocycles. The third kappa shape index (κ3) is 3.30. The maximum atomic E-state index is 6.19. The van der Waals surface area contributed by atoms with Crippen molar-refractivity contribution in [3.8, 4) is 0 Å². The first-order valence-electron chi connectivity index (χ1n) is 6.40. The van der Waals surface area contributed by atoms with Gasteiger partial charge >= 0.3 is 0 Å². The van der Waals surface area contributed by atoms with Gasteiger partial charge in [0.1, 0.15) is 12.2 Å². The van der Waals surface area contributed by atoms with Crippen molar-refractivity contribution in [3.05, 3.63) is 41.2 Å². The summed E-state index contributed by atoms with van der Waals surface area (Å²) in [4.78, 5) is 8.67. The van der Waals surface area contributed by atoms with Gasteiger partial charge in [-0.2, -0.15) is 5.10 Å². The molecule has 5 nitrogen and oxygen atoms in total. The van der Waals surface area contributed by atoms with E-state index in [0.29, 0.717) is 11.4 Å². The molecular weight excluding hydrogens is 262 g/mol. The fourth-order valence-electron chi connectivity index (χ4n) is 2.02. The molecule has 6 heteroatoms. The van der Waals surface area contributed by atoms with Gasteiger partial charge in [-0.15, -0.1) is 0 Å². The van der Waals surface area contributed by atoms with E-state index in [1.165, 1.54) is 0 Å². The molecule has 2 aromatic heterocycles. The van der Waals surface area contributed by atoms with Crippen molar-refractivity contribution < 1.29 is 0 Å². The number of likely N-dealkylation sites (N-methyl/N-ethyl adjacent to an activating group) is 1. The minimum atomic E-state index is 0.0357. The maximum absolute atomic E-state index is 6.19. The molecule has 0 aliphatic rings. The van der Waals surface area contributed by atoms with Crippen LogP contribution in [0, 0.1) is 0 Å². The van der Waals surface area contributed by atoms with Crippen LogP contribution in [-0.2, 0) is 13.0 Å². The molecule has 0 bridgehead atoms. The maximum Gasteiger partial charge on any atom is 0.138 e. The zero-order valence-corrected chi connectivity index (χ0v) is 11.9. The van der Waals surface area contributed by atoms with Crippen LogP contribution >= 0.6 is 11.6 Å². The predicted molar refractivity (Wildman–Crippen MR) is 75.1 cm³/mol. The van der Waals surface area contributed by atoms with E-state index in [4.69, 9.17) is 11.6 Å². The van der Waals surface area contributed by atoms with Crippen LogP contribution < -0.4 is 5.32 Å². The quantitative estimate of drug-likeness (QED) is 0.881. The van der Waals surface area contributed by atoms with Crippen LogP contribution in [0.1, 0.15) is 30.9 Å². The highest BCUT2D eigenvalue weighted by molar-refractivity contribution is 6.31. The molecule has 1 N–H and O–H groups in total. The molecule has 102 valence electrons. The van der Waals surface area contributed by atoms with Gasteiger partial charge in [0.2, 0.25) is 0 Å². The second-order valence-corrected chi connectivity index (χ2v) is 4.72. The number of aryl methyl sites for hydroxylation is 1. The van der Waals surface area contributed by atoms with Gasteiger partial charge in [0.05, 0.1) is 16.8 Å². The topological polar surface area (TPSA) is 55.6 Å². The van der Waals surface area contributed by atoms with Crippen molar-refractivity contribution in [3.63, 3.8) is 0 Å². The second kappa shape index (κ2) is 6.63. The zero-order chi connectivity index (χ0) is 13.7. The van der Waals surface area contributed by atoms with Gasteiger partial charge in [0, 0.05) is 19.2 Å². The lowest BCUT2D eigenvalue weighted by molar-refractivity contribution is 0.510. The Morgan fingerprint density at radius 3 is 2.95 bits per heavy atom. The lowest BCUT2D eigenvalue weighted by atomic mass is 10.1. The van der Waals surface area contributed by atoms with Crippen molar-refractivity contribution in [2.75, 3.05) is 7.05 Å². The van der Waals surface area contributed by atoms with E-state index in [-0.39, 0.29) is 6.04 Å². The van der Waals surface area contributed by atoms with E-state index in [9.17, 15) is 0 Å². The molecule has 2 rings (SSSR count). The van der Waals surface area contributed by atoms with Crippen molar-refractivity contribution >= 4 is 11.6 Å². The highest BCUT2D eigenvalue weighted by Crippen LogP contribution is 2.22. The van der Waals surface area contributed by atoms with Gasteiger partial charge in [-0.1, -0.05) is 18.5 Å². The molecule has 0 aliphatic heterocycles. The molecule has 0 radical (unpaired) electrons. The van der Waals surface area contributed by atoms with Crippen LogP contribution in [0.4, 0.5) is 0 Å². The number of pyridine rings is 1. The molecule has 1 atom stereocenters. The summed E-state index contributed by atoms with van der Waals surface area (Å²) in [5.41, 5.74) is 0.845. The number of hydrogen-bond donors (Lipinski definition) is 1. The van der Waals surface area contributed by atoms with E-state index < -0.39 is 0 Å². The van der Waals surface area contributed by atoms with E-state index in [1.54, 1.807) is 12.5 Å². The first-order chi connectivity index (χ1) is 9.26. The molecular formula is C13H18ClN5. The molecule has 2 aromatic rings. The summed E-state index contributed by atoms with van der Waals surface area (Å²) in [6.45, 7) is 3.00. The van der Waals surface area contributed by atoms with Gasteiger partial charge in [-0.3, -0.25) is 9.67 Å². The SMILES string of the molecule is CCCn1ncnc1CC(NC)c1ncccc1Cl. The number of nitrogens with one attached hydrogen (secondary N) is 1. The summed E-state index contributed by atoms with van der Waals surface area (Å²) in [5, 5.41) is 8.14. The summed E-state index contributed by atoms with van der Waals surface area (Å²) in [6, 6.07) is 3.72. The van der Waals surface area contributed by atoms with E-state index in [2.05, 4.69) is 27.3 Å². The average Bonchev–Trinajstić information content (AvgIpc) is 2.85. The summed E-state index contributed by atoms with van der Waals surface area (Å²) in [5.74, 6) is 0.947. The molecule has 1 unspecified atom stereocenters. The number of nitrogens with zero attached hydrogens (tertiary/aromatic N) is 4. The summed E-state index contributed by atoms with van der Waals surface area (Å²) >= 11 is 6.19. The zero-order valence-electron chi connectivity index (χ0n) is 11.2.